The molecule has 0 N–H and O–H groups in total. The van der Waals surface area contributed by atoms with E-state index in [0.29, 0.717) is 26.2 Å². The van der Waals surface area contributed by atoms with Gasteiger partial charge in [-0.3, -0.25) is 14.9 Å². The van der Waals surface area contributed by atoms with Crippen LogP contribution in [0, 0.1) is 15.9 Å². The first-order valence-electron chi connectivity index (χ1n) is 6.43. The average Bonchev–Trinajstić information content (AvgIpc) is 2.47. The number of hydrogen-bond acceptors (Lipinski definition) is 5. The molecular formula is C13H16FN3O4. The van der Waals surface area contributed by atoms with E-state index in [9.17, 15) is 19.3 Å². The maximum atomic E-state index is 14.0. The molecule has 0 bridgehead atoms. The van der Waals surface area contributed by atoms with E-state index < -0.39 is 22.3 Å². The van der Waals surface area contributed by atoms with Crippen LogP contribution in [-0.4, -0.2) is 61.0 Å². The molecule has 0 saturated carbocycles. The Bertz CT molecular complexity index is 571. The van der Waals surface area contributed by atoms with Gasteiger partial charge in [0.25, 0.3) is 5.91 Å². The van der Waals surface area contributed by atoms with Gasteiger partial charge in [-0.2, -0.15) is 0 Å². The fraction of sp³-hybridized carbons (Fsp3) is 0.462. The molecule has 0 aromatic heterocycles. The molecule has 0 atom stereocenters. The summed E-state index contributed by atoms with van der Waals surface area (Å²) in [6.45, 7) is 2.40. The minimum absolute atomic E-state index is 0.126. The number of methoxy groups -OCH3 is 1. The van der Waals surface area contributed by atoms with Gasteiger partial charge in [0, 0.05) is 32.2 Å². The molecule has 1 amide bonds. The lowest BCUT2D eigenvalue weighted by atomic mass is 10.1. The number of amides is 1. The summed E-state index contributed by atoms with van der Waals surface area (Å²) in [5, 5.41) is 10.8. The Morgan fingerprint density at radius 1 is 1.33 bits per heavy atom. The number of carbonyl (C=O) groups excluding carboxylic acids is 1. The molecule has 1 aliphatic heterocycles. The Morgan fingerprint density at radius 2 is 1.95 bits per heavy atom. The minimum Gasteiger partial charge on any atom is -0.490 e. The molecule has 0 spiro atoms. The molecule has 114 valence electrons. The molecule has 0 aliphatic carbocycles. The van der Waals surface area contributed by atoms with E-state index in [1.165, 1.54) is 12.0 Å². The predicted molar refractivity (Wildman–Crippen MR) is 73.0 cm³/mol. The SMILES string of the molecule is COc1cc(C(=O)N2CCN(C)CC2)c(F)cc1[N+](=O)[O-]. The van der Waals surface area contributed by atoms with E-state index in [2.05, 4.69) is 4.90 Å². The van der Waals surface area contributed by atoms with Gasteiger partial charge in [0.05, 0.1) is 23.7 Å². The second kappa shape index (κ2) is 6.04. The van der Waals surface area contributed by atoms with Crippen LogP contribution >= 0.6 is 0 Å². The number of carbonyl (C=O) groups is 1. The van der Waals surface area contributed by atoms with E-state index in [0.717, 1.165) is 12.1 Å². The molecule has 8 heteroatoms. The van der Waals surface area contributed by atoms with E-state index in [1.807, 2.05) is 7.05 Å². The van der Waals surface area contributed by atoms with Crippen LogP contribution < -0.4 is 4.74 Å². The summed E-state index contributed by atoms with van der Waals surface area (Å²) >= 11 is 0. The van der Waals surface area contributed by atoms with Gasteiger partial charge < -0.3 is 14.5 Å². The summed E-state index contributed by atoms with van der Waals surface area (Å²) in [6.07, 6.45) is 0. The first kappa shape index (κ1) is 15.2. The number of rotatable bonds is 3. The fourth-order valence-electron chi connectivity index (χ4n) is 2.19. The quantitative estimate of drug-likeness (QED) is 0.617. The number of nitrogens with zero attached hydrogens (tertiary/aromatic N) is 3. The summed E-state index contributed by atoms with van der Waals surface area (Å²) in [6, 6.07) is 1.82. The number of halogens is 1. The monoisotopic (exact) mass is 297 g/mol. The zero-order valence-electron chi connectivity index (χ0n) is 11.8. The van der Waals surface area contributed by atoms with Crippen molar-refractivity contribution in [1.29, 1.82) is 0 Å². The lowest BCUT2D eigenvalue weighted by molar-refractivity contribution is -0.385. The van der Waals surface area contributed by atoms with Crippen molar-refractivity contribution >= 4 is 11.6 Å². The van der Waals surface area contributed by atoms with E-state index >= 15 is 0 Å². The summed E-state index contributed by atoms with van der Waals surface area (Å²) in [7, 11) is 3.18. The molecular weight excluding hydrogens is 281 g/mol. The van der Waals surface area contributed by atoms with Crippen LogP contribution in [0.1, 0.15) is 10.4 Å². The lowest BCUT2D eigenvalue weighted by Crippen LogP contribution is -2.47. The van der Waals surface area contributed by atoms with E-state index in [4.69, 9.17) is 4.74 Å². The maximum Gasteiger partial charge on any atom is 0.313 e. The molecule has 1 aromatic rings. The van der Waals surface area contributed by atoms with Gasteiger partial charge in [0.2, 0.25) is 0 Å². The highest BCUT2D eigenvalue weighted by Gasteiger charge is 2.27. The smallest absolute Gasteiger partial charge is 0.313 e. The molecule has 1 aliphatic rings. The fourth-order valence-corrected chi connectivity index (χ4v) is 2.19. The molecule has 1 aromatic carbocycles. The zero-order valence-corrected chi connectivity index (χ0v) is 11.8. The average molecular weight is 297 g/mol. The van der Waals surface area contributed by atoms with Gasteiger partial charge in [0.15, 0.2) is 5.75 Å². The summed E-state index contributed by atoms with van der Waals surface area (Å²) in [5.41, 5.74) is -0.702. The van der Waals surface area contributed by atoms with Crippen molar-refractivity contribution in [2.75, 3.05) is 40.3 Å². The maximum absolute atomic E-state index is 14.0. The number of nitro groups is 1. The van der Waals surface area contributed by atoms with Crippen LogP contribution in [0.25, 0.3) is 0 Å². The molecule has 1 saturated heterocycles. The van der Waals surface area contributed by atoms with Crippen LogP contribution in [0.15, 0.2) is 12.1 Å². The number of nitro benzene ring substituents is 1. The first-order valence-corrected chi connectivity index (χ1v) is 6.43. The van der Waals surface area contributed by atoms with Crippen molar-refractivity contribution in [3.05, 3.63) is 33.6 Å². The molecule has 0 unspecified atom stereocenters. The predicted octanol–water partition coefficient (Wildman–Crippen LogP) is 1.13. The third kappa shape index (κ3) is 3.10. The number of hydrogen-bond donors (Lipinski definition) is 0. The second-order valence-corrected chi connectivity index (χ2v) is 4.86. The Labute approximate surface area is 121 Å². The third-order valence-electron chi connectivity index (χ3n) is 3.49. The highest BCUT2D eigenvalue weighted by atomic mass is 19.1. The Morgan fingerprint density at radius 3 is 2.48 bits per heavy atom. The largest absolute Gasteiger partial charge is 0.490 e. The van der Waals surface area contributed by atoms with Crippen molar-refractivity contribution in [2.45, 2.75) is 0 Å². The van der Waals surface area contributed by atoms with Crippen LogP contribution in [0.2, 0.25) is 0 Å². The highest BCUT2D eigenvalue weighted by Crippen LogP contribution is 2.30. The molecule has 0 radical (unpaired) electrons. The third-order valence-corrected chi connectivity index (χ3v) is 3.49. The number of piperazine rings is 1. The van der Waals surface area contributed by atoms with Gasteiger partial charge in [0.1, 0.15) is 5.82 Å². The first-order chi connectivity index (χ1) is 9.93. The van der Waals surface area contributed by atoms with Gasteiger partial charge in [-0.15, -0.1) is 0 Å². The summed E-state index contributed by atoms with van der Waals surface area (Å²) < 4.78 is 18.9. The topological polar surface area (TPSA) is 75.9 Å². The van der Waals surface area contributed by atoms with Crippen LogP contribution in [0.4, 0.5) is 10.1 Å². The van der Waals surface area contributed by atoms with Gasteiger partial charge in [-0.25, -0.2) is 4.39 Å². The van der Waals surface area contributed by atoms with Gasteiger partial charge in [-0.1, -0.05) is 0 Å². The van der Waals surface area contributed by atoms with Crippen molar-refractivity contribution in [1.82, 2.24) is 9.80 Å². The Kier molecular flexibility index (Phi) is 4.37. The van der Waals surface area contributed by atoms with Crippen molar-refractivity contribution in [3.63, 3.8) is 0 Å². The number of benzene rings is 1. The molecule has 2 rings (SSSR count). The van der Waals surface area contributed by atoms with Gasteiger partial charge in [-0.05, 0) is 7.05 Å². The van der Waals surface area contributed by atoms with Crippen molar-refractivity contribution in [2.24, 2.45) is 0 Å². The van der Waals surface area contributed by atoms with E-state index in [-0.39, 0.29) is 11.3 Å². The standard InChI is InChI=1S/C13H16FN3O4/c1-15-3-5-16(6-4-15)13(18)9-7-12(21-2)11(17(19)20)8-10(9)14/h7-8H,3-6H2,1-2H3. The van der Waals surface area contributed by atoms with E-state index in [1.54, 1.807) is 0 Å². The Balaban J connectivity index is 2.31. The van der Waals surface area contributed by atoms with Crippen LogP contribution in [-0.2, 0) is 0 Å². The minimum atomic E-state index is -0.911. The van der Waals surface area contributed by atoms with Crippen molar-refractivity contribution in [3.8, 4) is 5.75 Å². The second-order valence-electron chi connectivity index (χ2n) is 4.86. The number of ether oxygens (including phenoxy) is 1. The molecule has 7 nitrogen and oxygen atoms in total. The summed E-state index contributed by atoms with van der Waals surface area (Å²) in [4.78, 5) is 26.0. The summed E-state index contributed by atoms with van der Waals surface area (Å²) in [5.74, 6) is -1.51. The zero-order chi connectivity index (χ0) is 15.6. The van der Waals surface area contributed by atoms with Gasteiger partial charge >= 0.3 is 5.69 Å². The highest BCUT2D eigenvalue weighted by molar-refractivity contribution is 5.95. The van der Waals surface area contributed by atoms with Crippen LogP contribution in [0.5, 0.6) is 5.75 Å². The normalized spacial score (nSPS) is 15.9. The number of likely N-dealkylation sites (N-methyl/N-ethyl adjacent to an activating group) is 1. The Hall–Kier alpha value is -2.22. The molecule has 1 heterocycles. The van der Waals surface area contributed by atoms with Crippen molar-refractivity contribution < 1.29 is 18.8 Å². The van der Waals surface area contributed by atoms with Crippen LogP contribution in [0.3, 0.4) is 0 Å². The lowest BCUT2D eigenvalue weighted by Gasteiger charge is -2.32. The molecule has 1 fully saturated rings. The molecule has 21 heavy (non-hydrogen) atoms.